The van der Waals surface area contributed by atoms with E-state index in [0.29, 0.717) is 5.92 Å². The summed E-state index contributed by atoms with van der Waals surface area (Å²) in [6.45, 7) is 0.944. The Hall–Kier alpha value is -1.59. The van der Waals surface area contributed by atoms with Crippen molar-refractivity contribution in [2.75, 3.05) is 30.9 Å². The van der Waals surface area contributed by atoms with Crippen molar-refractivity contribution in [3.63, 3.8) is 0 Å². The van der Waals surface area contributed by atoms with E-state index in [0.717, 1.165) is 36.3 Å². The van der Waals surface area contributed by atoms with Crippen LogP contribution in [0.5, 0.6) is 0 Å². The highest BCUT2D eigenvalue weighted by molar-refractivity contribution is 6.03. The molecule has 0 saturated heterocycles. The molecule has 0 aromatic heterocycles. The van der Waals surface area contributed by atoms with Crippen molar-refractivity contribution >= 4 is 17.3 Å². The summed E-state index contributed by atoms with van der Waals surface area (Å²) >= 11 is 0. The Balaban J connectivity index is 1.73. The third-order valence-electron chi connectivity index (χ3n) is 4.34. The molecule has 1 aromatic carbocycles. The number of amides is 1. The second-order valence-corrected chi connectivity index (χ2v) is 5.85. The molecule has 5 heteroatoms. The molecular weight excluding hydrogens is 254 g/mol. The van der Waals surface area contributed by atoms with E-state index in [4.69, 9.17) is 0 Å². The molecule has 5 nitrogen and oxygen atoms in total. The van der Waals surface area contributed by atoms with Gasteiger partial charge in [0.25, 0.3) is 0 Å². The number of nitrogens with one attached hydrogen (secondary N) is 2. The van der Waals surface area contributed by atoms with Crippen LogP contribution in [0.2, 0.25) is 0 Å². The van der Waals surface area contributed by atoms with Crippen molar-refractivity contribution in [2.24, 2.45) is 5.92 Å². The van der Waals surface area contributed by atoms with E-state index in [1.54, 1.807) is 7.05 Å². The number of rotatable bonds is 4. The Morgan fingerprint density at radius 2 is 2.20 bits per heavy atom. The smallest absolute Gasteiger partial charge is 0.246 e. The monoisotopic (exact) mass is 275 g/mol. The Morgan fingerprint density at radius 1 is 1.45 bits per heavy atom. The van der Waals surface area contributed by atoms with Gasteiger partial charge in [-0.25, -0.2) is 0 Å². The van der Waals surface area contributed by atoms with Gasteiger partial charge in [0.15, 0.2) is 0 Å². The number of carbonyl (C=O) groups excluding carboxylic acids is 1. The van der Waals surface area contributed by atoms with Crippen molar-refractivity contribution in [2.45, 2.75) is 25.0 Å². The first-order chi connectivity index (χ1) is 9.58. The molecule has 1 fully saturated rings. The van der Waals surface area contributed by atoms with Gasteiger partial charge < -0.3 is 20.6 Å². The largest absolute Gasteiger partial charge is 0.393 e. The van der Waals surface area contributed by atoms with Gasteiger partial charge in [0.1, 0.15) is 6.04 Å². The Morgan fingerprint density at radius 3 is 2.85 bits per heavy atom. The van der Waals surface area contributed by atoms with Crippen molar-refractivity contribution in [3.05, 3.63) is 23.8 Å². The summed E-state index contributed by atoms with van der Waals surface area (Å²) < 4.78 is 0. The van der Waals surface area contributed by atoms with E-state index in [1.807, 2.05) is 12.1 Å². The van der Waals surface area contributed by atoms with Gasteiger partial charge in [-0.15, -0.1) is 0 Å². The van der Waals surface area contributed by atoms with Crippen molar-refractivity contribution < 1.29 is 9.90 Å². The number of hydrogen-bond acceptors (Lipinski definition) is 4. The lowest BCUT2D eigenvalue weighted by molar-refractivity contribution is -0.117. The second kappa shape index (κ2) is 5.07. The fraction of sp³-hybridized carbons (Fsp3) is 0.533. The zero-order valence-electron chi connectivity index (χ0n) is 11.9. The molecule has 108 valence electrons. The number of benzene rings is 1. The molecule has 1 aliphatic heterocycles. The average molecular weight is 275 g/mol. The summed E-state index contributed by atoms with van der Waals surface area (Å²) in [5, 5.41) is 15.3. The van der Waals surface area contributed by atoms with Crippen LogP contribution in [0.4, 0.5) is 11.4 Å². The van der Waals surface area contributed by atoms with Crippen LogP contribution in [0.3, 0.4) is 0 Å². The maximum Gasteiger partial charge on any atom is 0.246 e. The highest BCUT2D eigenvalue weighted by Gasteiger charge is 2.30. The third kappa shape index (κ3) is 2.27. The number of nitrogens with zero attached hydrogens (tertiary/aromatic N) is 1. The normalized spacial score (nSPS) is 27.8. The van der Waals surface area contributed by atoms with Gasteiger partial charge in [-0.3, -0.25) is 4.79 Å². The molecule has 0 bridgehead atoms. The maximum absolute atomic E-state index is 11.8. The fourth-order valence-electron chi connectivity index (χ4n) is 3.12. The second-order valence-electron chi connectivity index (χ2n) is 5.85. The number of fused-ring (bicyclic) bond motifs is 1. The molecule has 1 amide bonds. The van der Waals surface area contributed by atoms with Crippen LogP contribution in [0.1, 0.15) is 24.4 Å². The minimum Gasteiger partial charge on any atom is -0.393 e. The first-order valence-electron chi connectivity index (χ1n) is 7.09. The first-order valence-corrected chi connectivity index (χ1v) is 7.09. The van der Waals surface area contributed by atoms with Crippen LogP contribution in [0, 0.1) is 5.92 Å². The van der Waals surface area contributed by atoms with Crippen LogP contribution >= 0.6 is 0 Å². The lowest BCUT2D eigenvalue weighted by Gasteiger charge is -2.35. The lowest BCUT2D eigenvalue weighted by Crippen LogP contribution is -2.37. The summed E-state index contributed by atoms with van der Waals surface area (Å²) in [4.78, 5) is 14.0. The highest BCUT2D eigenvalue weighted by Crippen LogP contribution is 2.35. The molecule has 1 unspecified atom stereocenters. The lowest BCUT2D eigenvalue weighted by atomic mass is 9.82. The maximum atomic E-state index is 11.8. The zero-order chi connectivity index (χ0) is 14.3. The van der Waals surface area contributed by atoms with Crippen molar-refractivity contribution in [1.82, 2.24) is 5.32 Å². The molecule has 1 aromatic rings. The molecule has 1 aliphatic carbocycles. The van der Waals surface area contributed by atoms with Crippen LogP contribution in [0.15, 0.2) is 18.2 Å². The van der Waals surface area contributed by atoms with Crippen LogP contribution in [-0.4, -0.2) is 37.8 Å². The topological polar surface area (TPSA) is 64.6 Å². The number of aliphatic hydroxyl groups is 1. The standard InChI is InChI=1S/C15H21N3O2/c1-16-14-12-4-3-10(7-13(12)17-15(14)20)18(2)8-9-5-11(19)6-9/h3-4,7,9,11,14,16,19H,5-6,8H2,1-2H3,(H,17,20). The molecule has 3 rings (SSSR count). The molecule has 1 atom stereocenters. The van der Waals surface area contributed by atoms with Crippen molar-refractivity contribution in [1.29, 1.82) is 0 Å². The van der Waals surface area contributed by atoms with Gasteiger partial charge in [0.2, 0.25) is 5.91 Å². The first kappa shape index (κ1) is 13.4. The van der Waals surface area contributed by atoms with Crippen LogP contribution in [0.25, 0.3) is 0 Å². The minimum atomic E-state index is -0.244. The third-order valence-corrected chi connectivity index (χ3v) is 4.34. The van der Waals surface area contributed by atoms with Gasteiger partial charge in [-0.05, 0) is 37.9 Å². The fourth-order valence-corrected chi connectivity index (χ4v) is 3.12. The molecule has 1 heterocycles. The van der Waals surface area contributed by atoms with Crippen LogP contribution < -0.4 is 15.5 Å². The minimum absolute atomic E-state index is 0.00409. The van der Waals surface area contributed by atoms with Gasteiger partial charge in [0, 0.05) is 30.5 Å². The van der Waals surface area contributed by atoms with E-state index in [1.165, 1.54) is 0 Å². The average Bonchev–Trinajstić information content (AvgIpc) is 2.70. The number of carbonyl (C=O) groups is 1. The molecular formula is C15H21N3O2. The molecule has 3 N–H and O–H groups in total. The Labute approximate surface area is 119 Å². The number of anilines is 2. The number of likely N-dealkylation sites (N-methyl/N-ethyl adjacent to an activating group) is 1. The molecule has 0 radical (unpaired) electrons. The molecule has 0 spiro atoms. The van der Waals surface area contributed by atoms with E-state index in [9.17, 15) is 9.90 Å². The predicted molar refractivity (Wildman–Crippen MR) is 78.9 cm³/mol. The number of hydrogen-bond donors (Lipinski definition) is 3. The van der Waals surface area contributed by atoms with Crippen molar-refractivity contribution in [3.8, 4) is 0 Å². The summed E-state index contributed by atoms with van der Waals surface area (Å²) in [5.41, 5.74) is 3.00. The molecule has 2 aliphatic rings. The van der Waals surface area contributed by atoms with E-state index < -0.39 is 0 Å². The summed E-state index contributed by atoms with van der Waals surface area (Å²) in [6, 6.07) is 5.85. The SMILES string of the molecule is CNC1C(=O)Nc2cc(N(C)CC3CC(O)C3)ccc21. The molecule has 20 heavy (non-hydrogen) atoms. The number of aliphatic hydroxyl groups excluding tert-OH is 1. The Kier molecular flexibility index (Phi) is 3.40. The zero-order valence-corrected chi connectivity index (χ0v) is 11.9. The van der Waals surface area contributed by atoms with E-state index >= 15 is 0 Å². The van der Waals surface area contributed by atoms with Gasteiger partial charge in [-0.2, -0.15) is 0 Å². The summed E-state index contributed by atoms with van der Waals surface area (Å²) in [5.74, 6) is 0.576. The van der Waals surface area contributed by atoms with E-state index in [-0.39, 0.29) is 18.1 Å². The van der Waals surface area contributed by atoms with E-state index in [2.05, 4.69) is 28.6 Å². The summed E-state index contributed by atoms with van der Waals surface area (Å²) in [6.07, 6.45) is 1.69. The van der Waals surface area contributed by atoms with Gasteiger partial charge in [-0.1, -0.05) is 6.07 Å². The van der Waals surface area contributed by atoms with Crippen LogP contribution in [-0.2, 0) is 4.79 Å². The van der Waals surface area contributed by atoms with Gasteiger partial charge >= 0.3 is 0 Å². The predicted octanol–water partition coefficient (Wildman–Crippen LogP) is 1.11. The quantitative estimate of drug-likeness (QED) is 0.770. The van der Waals surface area contributed by atoms with Gasteiger partial charge in [0.05, 0.1) is 6.10 Å². The highest BCUT2D eigenvalue weighted by atomic mass is 16.3. The molecule has 1 saturated carbocycles. The summed E-state index contributed by atoms with van der Waals surface area (Å²) in [7, 11) is 3.85. The Bertz CT molecular complexity index is 526.